The summed E-state index contributed by atoms with van der Waals surface area (Å²) in [7, 11) is 0. The second-order valence-electron chi connectivity index (χ2n) is 9.31. The number of benzene rings is 2. The molecule has 2 saturated heterocycles. The van der Waals surface area contributed by atoms with E-state index in [0.717, 1.165) is 37.4 Å². The van der Waals surface area contributed by atoms with Crippen LogP contribution in [-0.4, -0.2) is 44.2 Å². The van der Waals surface area contributed by atoms with E-state index in [-0.39, 0.29) is 17.9 Å². The summed E-state index contributed by atoms with van der Waals surface area (Å²) in [5, 5.41) is 7.86. The molecule has 0 aliphatic carbocycles. The van der Waals surface area contributed by atoms with Gasteiger partial charge in [0.05, 0.1) is 12.0 Å². The molecule has 8 heteroatoms. The highest BCUT2D eigenvalue weighted by Gasteiger charge is 2.42. The molecule has 37 heavy (non-hydrogen) atoms. The van der Waals surface area contributed by atoms with Crippen LogP contribution < -0.4 is 21.1 Å². The number of hydrogen-bond acceptors (Lipinski definition) is 7. The first-order chi connectivity index (χ1) is 18.0. The number of amides is 2. The largest absolute Gasteiger partial charge is 0.491 e. The number of nitrogen functional groups attached to an aromatic ring is 1. The molecule has 2 atom stereocenters. The quantitative estimate of drug-likeness (QED) is 0.320. The van der Waals surface area contributed by atoms with Crippen LogP contribution in [0.25, 0.3) is 0 Å². The normalized spacial score (nSPS) is 21.5. The van der Waals surface area contributed by atoms with Crippen LogP contribution in [-0.2, 0) is 26.2 Å². The van der Waals surface area contributed by atoms with Gasteiger partial charge in [0.1, 0.15) is 18.5 Å². The number of imide groups is 1. The Kier molecular flexibility index (Phi) is 9.33. The van der Waals surface area contributed by atoms with Crippen LogP contribution in [0, 0.1) is 0 Å². The minimum absolute atomic E-state index is 0.151. The second kappa shape index (κ2) is 12.9. The van der Waals surface area contributed by atoms with Crippen LogP contribution in [0.5, 0.6) is 5.75 Å². The smallest absolute Gasteiger partial charge is 0.237 e. The molecule has 2 fully saturated rings. The van der Waals surface area contributed by atoms with Crippen molar-refractivity contribution in [2.75, 3.05) is 32.0 Å². The van der Waals surface area contributed by atoms with Crippen molar-refractivity contribution in [3.05, 3.63) is 82.0 Å². The summed E-state index contributed by atoms with van der Waals surface area (Å²) >= 11 is 1.78. The summed E-state index contributed by atoms with van der Waals surface area (Å²) in [5.41, 5.74) is 7.90. The predicted octanol–water partition coefficient (Wildman–Crippen LogP) is 4.06. The maximum absolute atomic E-state index is 12.1. The zero-order valence-corrected chi connectivity index (χ0v) is 22.0. The summed E-state index contributed by atoms with van der Waals surface area (Å²) < 4.78 is 11.6. The van der Waals surface area contributed by atoms with Gasteiger partial charge in [-0.1, -0.05) is 43.3 Å². The van der Waals surface area contributed by atoms with Gasteiger partial charge in [-0.2, -0.15) is 0 Å². The Labute approximate surface area is 222 Å². The van der Waals surface area contributed by atoms with Gasteiger partial charge in [-0.3, -0.25) is 14.9 Å². The lowest BCUT2D eigenvalue weighted by Crippen LogP contribution is -2.51. The van der Waals surface area contributed by atoms with Crippen molar-refractivity contribution in [3.8, 4) is 5.75 Å². The first-order valence-electron chi connectivity index (χ1n) is 12.8. The monoisotopic (exact) mass is 521 g/mol. The molecule has 0 saturated carbocycles. The van der Waals surface area contributed by atoms with Crippen LogP contribution >= 0.6 is 11.3 Å². The van der Waals surface area contributed by atoms with Crippen molar-refractivity contribution in [1.29, 1.82) is 0 Å². The molecule has 3 aromatic rings. The Balaban J connectivity index is 0.000000176. The first-order valence-corrected chi connectivity index (χ1v) is 13.6. The molecular formula is C29H35N3O4S. The standard InChI is InChI=1S/C16H19NO2S.C13H16N2O2/c1-2-6-16(19-12-14-11-17-7-8-18-14)13(4-1)10-15-5-3-9-20-15;1-2-13(8-7-11(16)15-12(13)17)9-3-5-10(14)6-4-9/h1-6,9,14,17H,7-8,10-12H2;3-6H,2,7-8,14H2,1H3,(H,15,16,17). The number of nitrogens with two attached hydrogens (primary N) is 1. The highest BCUT2D eigenvalue weighted by atomic mass is 32.1. The Hall–Kier alpha value is -3.20. The number of morpholine rings is 1. The first kappa shape index (κ1) is 26.9. The summed E-state index contributed by atoms with van der Waals surface area (Å²) in [6.45, 7) is 5.14. The Bertz CT molecular complexity index is 1160. The molecule has 4 N–H and O–H groups in total. The molecule has 2 unspecified atom stereocenters. The molecule has 2 aliphatic rings. The lowest BCUT2D eigenvalue weighted by atomic mass is 9.72. The average Bonchev–Trinajstić information content (AvgIpc) is 3.43. The van der Waals surface area contributed by atoms with E-state index in [1.807, 2.05) is 31.2 Å². The van der Waals surface area contributed by atoms with Crippen LogP contribution in [0.3, 0.4) is 0 Å². The summed E-state index contributed by atoms with van der Waals surface area (Å²) in [6, 6.07) is 19.8. The number of piperidine rings is 1. The average molecular weight is 522 g/mol. The summed E-state index contributed by atoms with van der Waals surface area (Å²) in [4.78, 5) is 24.6. The number of rotatable bonds is 7. The number of thiophene rings is 1. The number of hydrogen-bond donors (Lipinski definition) is 3. The topological polar surface area (TPSA) is 103 Å². The van der Waals surface area contributed by atoms with Gasteiger partial charge in [-0.05, 0) is 53.6 Å². The highest BCUT2D eigenvalue weighted by Crippen LogP contribution is 2.36. The van der Waals surface area contributed by atoms with Crippen molar-refractivity contribution in [3.63, 3.8) is 0 Å². The fraction of sp³-hybridized carbons (Fsp3) is 0.379. The molecular weight excluding hydrogens is 486 g/mol. The molecule has 2 amide bonds. The van der Waals surface area contributed by atoms with E-state index in [0.29, 0.717) is 31.6 Å². The lowest BCUT2D eigenvalue weighted by molar-refractivity contribution is -0.138. The lowest BCUT2D eigenvalue weighted by Gasteiger charge is -2.34. The van der Waals surface area contributed by atoms with Crippen molar-refractivity contribution in [2.45, 2.75) is 44.1 Å². The molecule has 2 aliphatic heterocycles. The fourth-order valence-corrected chi connectivity index (χ4v) is 5.40. The van der Waals surface area contributed by atoms with Crippen molar-refractivity contribution in [1.82, 2.24) is 10.6 Å². The van der Waals surface area contributed by atoms with Crippen molar-refractivity contribution in [2.24, 2.45) is 0 Å². The third kappa shape index (κ3) is 6.97. The Morgan fingerprint density at radius 2 is 1.92 bits per heavy atom. The fourth-order valence-electron chi connectivity index (χ4n) is 4.67. The maximum Gasteiger partial charge on any atom is 0.237 e. The number of anilines is 1. The second-order valence-corrected chi connectivity index (χ2v) is 10.3. The zero-order chi connectivity index (χ0) is 26.1. The third-order valence-electron chi connectivity index (χ3n) is 6.88. The van der Waals surface area contributed by atoms with E-state index in [1.54, 1.807) is 23.5 Å². The van der Waals surface area contributed by atoms with E-state index in [2.05, 4.69) is 40.3 Å². The van der Waals surface area contributed by atoms with Gasteiger partial charge in [-0.15, -0.1) is 11.3 Å². The zero-order valence-electron chi connectivity index (χ0n) is 21.2. The summed E-state index contributed by atoms with van der Waals surface area (Å²) in [6.07, 6.45) is 2.72. The van der Waals surface area contributed by atoms with Crippen molar-refractivity contribution < 1.29 is 19.1 Å². The van der Waals surface area contributed by atoms with Gasteiger partial charge >= 0.3 is 0 Å². The van der Waals surface area contributed by atoms with E-state index in [9.17, 15) is 9.59 Å². The SMILES string of the molecule is CCC1(c2ccc(N)cc2)CCC(=O)NC1=O.c1csc(Cc2ccccc2OCC2CNCCO2)c1. The van der Waals surface area contributed by atoms with E-state index in [4.69, 9.17) is 15.2 Å². The molecule has 0 bridgehead atoms. The predicted molar refractivity (Wildman–Crippen MR) is 147 cm³/mol. The van der Waals surface area contributed by atoms with Gasteiger partial charge in [0.25, 0.3) is 0 Å². The maximum atomic E-state index is 12.1. The molecule has 0 spiro atoms. The Morgan fingerprint density at radius 3 is 2.59 bits per heavy atom. The third-order valence-corrected chi connectivity index (χ3v) is 7.76. The number of carbonyl (C=O) groups excluding carboxylic acids is 2. The Morgan fingerprint density at radius 1 is 1.11 bits per heavy atom. The summed E-state index contributed by atoms with van der Waals surface area (Å²) in [5.74, 6) is 0.589. The van der Waals surface area contributed by atoms with E-state index < -0.39 is 5.41 Å². The molecule has 196 valence electrons. The van der Waals surface area contributed by atoms with Gasteiger partial charge in [0.15, 0.2) is 0 Å². The highest BCUT2D eigenvalue weighted by molar-refractivity contribution is 7.09. The number of para-hydroxylation sites is 1. The molecule has 3 heterocycles. The molecule has 5 rings (SSSR count). The van der Waals surface area contributed by atoms with Crippen LogP contribution in [0.15, 0.2) is 66.0 Å². The van der Waals surface area contributed by atoms with Crippen LogP contribution in [0.2, 0.25) is 0 Å². The van der Waals surface area contributed by atoms with Gasteiger partial charge in [0.2, 0.25) is 11.8 Å². The molecule has 0 radical (unpaired) electrons. The minimum Gasteiger partial charge on any atom is -0.491 e. The van der Waals surface area contributed by atoms with Gasteiger partial charge in [-0.25, -0.2) is 0 Å². The van der Waals surface area contributed by atoms with Crippen molar-refractivity contribution >= 4 is 28.8 Å². The minimum atomic E-state index is -0.582. The van der Waals surface area contributed by atoms with Gasteiger partial charge in [0, 0.05) is 36.5 Å². The van der Waals surface area contributed by atoms with E-state index in [1.165, 1.54) is 10.4 Å². The molecule has 1 aromatic heterocycles. The number of ether oxygens (including phenoxy) is 2. The molecule has 2 aromatic carbocycles. The number of carbonyl (C=O) groups is 2. The molecule has 7 nitrogen and oxygen atoms in total. The number of nitrogens with one attached hydrogen (secondary N) is 2. The van der Waals surface area contributed by atoms with Crippen LogP contribution in [0.4, 0.5) is 5.69 Å². The van der Waals surface area contributed by atoms with Gasteiger partial charge < -0.3 is 20.5 Å². The van der Waals surface area contributed by atoms with Crippen LogP contribution in [0.1, 0.15) is 42.2 Å². The van der Waals surface area contributed by atoms with E-state index >= 15 is 0 Å².